The van der Waals surface area contributed by atoms with Gasteiger partial charge in [-0.1, -0.05) is 48.0 Å². The van der Waals surface area contributed by atoms with Crippen molar-refractivity contribution in [3.8, 4) is 0 Å². The number of benzene rings is 2. The molecule has 128 valence electrons. The summed E-state index contributed by atoms with van der Waals surface area (Å²) in [6.45, 7) is 0.180. The van der Waals surface area contributed by atoms with Gasteiger partial charge in [0, 0.05) is 10.6 Å². The molecule has 6 heteroatoms. The Kier molecular flexibility index (Phi) is 5.81. The van der Waals surface area contributed by atoms with Crippen LogP contribution in [0.25, 0.3) is 0 Å². The monoisotopic (exact) mass is 375 g/mol. The molecule has 0 aliphatic rings. The molecular formula is C19H17ClFN2OS+. The van der Waals surface area contributed by atoms with E-state index >= 15 is 0 Å². The normalized spacial score (nSPS) is 11.9. The number of carbonyl (C=O) groups excluding carboxylic acids is 1. The summed E-state index contributed by atoms with van der Waals surface area (Å²) in [5.41, 5.74) is 1.26. The first-order chi connectivity index (χ1) is 12.1. The zero-order valence-electron chi connectivity index (χ0n) is 13.3. The standard InChI is InChI=1S/C19H16ClFN2OS/c20-14-8-9-16(15(21)11-14)23-18(24)12-22-19(17-7-4-10-25-17)13-5-2-1-3-6-13/h1-11,19,22H,12H2,(H,23,24)/p+1/t19-/m1/s1. The fourth-order valence-electron chi connectivity index (χ4n) is 2.56. The highest BCUT2D eigenvalue weighted by Crippen LogP contribution is 2.22. The van der Waals surface area contributed by atoms with E-state index in [-0.39, 0.29) is 24.2 Å². The van der Waals surface area contributed by atoms with Gasteiger partial charge in [0.15, 0.2) is 6.54 Å². The van der Waals surface area contributed by atoms with Crippen LogP contribution < -0.4 is 10.6 Å². The van der Waals surface area contributed by atoms with Crippen LogP contribution in [0.3, 0.4) is 0 Å². The lowest BCUT2D eigenvalue weighted by Gasteiger charge is -2.15. The van der Waals surface area contributed by atoms with Crippen LogP contribution in [0.15, 0.2) is 66.0 Å². The highest BCUT2D eigenvalue weighted by Gasteiger charge is 2.20. The van der Waals surface area contributed by atoms with Crippen molar-refractivity contribution in [3.05, 3.63) is 87.3 Å². The number of nitrogens with one attached hydrogen (secondary N) is 1. The second-order valence-corrected chi connectivity index (χ2v) is 6.93. The van der Waals surface area contributed by atoms with Crippen LogP contribution in [0.2, 0.25) is 5.02 Å². The molecule has 3 nitrogen and oxygen atoms in total. The quantitative estimate of drug-likeness (QED) is 0.675. The number of amides is 1. The number of hydrogen-bond acceptors (Lipinski definition) is 2. The van der Waals surface area contributed by atoms with Gasteiger partial charge >= 0.3 is 0 Å². The minimum Gasteiger partial charge on any atom is -0.328 e. The molecule has 2 aromatic carbocycles. The third-order valence-corrected chi connectivity index (χ3v) is 4.94. The highest BCUT2D eigenvalue weighted by atomic mass is 35.5. The van der Waals surface area contributed by atoms with Gasteiger partial charge in [0.05, 0.1) is 10.6 Å². The van der Waals surface area contributed by atoms with Crippen LogP contribution in [0.1, 0.15) is 16.5 Å². The minimum atomic E-state index is -0.543. The van der Waals surface area contributed by atoms with Crippen molar-refractivity contribution < 1.29 is 14.5 Å². The van der Waals surface area contributed by atoms with Crippen LogP contribution in [-0.4, -0.2) is 12.5 Å². The SMILES string of the molecule is O=C(C[NH2+][C@H](c1ccccc1)c1cccs1)Nc1ccc(Cl)cc1F. The van der Waals surface area contributed by atoms with Crippen LogP contribution in [-0.2, 0) is 4.79 Å². The van der Waals surface area contributed by atoms with Gasteiger partial charge in [0.1, 0.15) is 11.9 Å². The molecule has 1 aromatic heterocycles. The molecule has 25 heavy (non-hydrogen) atoms. The second-order valence-electron chi connectivity index (χ2n) is 5.52. The fourth-order valence-corrected chi connectivity index (χ4v) is 3.57. The van der Waals surface area contributed by atoms with Gasteiger partial charge in [-0.3, -0.25) is 4.79 Å². The molecule has 0 saturated heterocycles. The topological polar surface area (TPSA) is 45.7 Å². The summed E-state index contributed by atoms with van der Waals surface area (Å²) >= 11 is 7.37. The molecule has 0 spiro atoms. The van der Waals surface area contributed by atoms with Crippen molar-refractivity contribution in [1.29, 1.82) is 0 Å². The van der Waals surface area contributed by atoms with Gasteiger partial charge in [-0.25, -0.2) is 4.39 Å². The van der Waals surface area contributed by atoms with Gasteiger partial charge in [-0.2, -0.15) is 0 Å². The summed E-state index contributed by atoms with van der Waals surface area (Å²) in [5, 5.41) is 6.85. The number of rotatable bonds is 6. The molecular weight excluding hydrogens is 359 g/mol. The fraction of sp³-hybridized carbons (Fsp3) is 0.105. The van der Waals surface area contributed by atoms with E-state index in [9.17, 15) is 9.18 Å². The number of nitrogens with two attached hydrogens (primary N) is 1. The van der Waals surface area contributed by atoms with Crippen LogP contribution in [0, 0.1) is 5.82 Å². The molecule has 0 unspecified atom stereocenters. The Balaban J connectivity index is 1.68. The first-order valence-corrected chi connectivity index (χ1v) is 9.06. The van der Waals surface area contributed by atoms with Crippen LogP contribution in [0.4, 0.5) is 10.1 Å². The number of halogens is 2. The Morgan fingerprint density at radius 3 is 2.64 bits per heavy atom. The summed E-state index contributed by atoms with van der Waals surface area (Å²) in [6, 6.07) is 18.3. The summed E-state index contributed by atoms with van der Waals surface area (Å²) in [7, 11) is 0. The molecule has 3 N–H and O–H groups in total. The number of anilines is 1. The molecule has 1 atom stereocenters. The van der Waals surface area contributed by atoms with E-state index in [0.717, 1.165) is 10.4 Å². The number of carbonyl (C=O) groups is 1. The summed E-state index contributed by atoms with van der Waals surface area (Å²) in [6.07, 6.45) is 0. The molecule has 0 radical (unpaired) electrons. The van der Waals surface area contributed by atoms with Crippen molar-refractivity contribution in [2.45, 2.75) is 6.04 Å². The lowest BCUT2D eigenvalue weighted by atomic mass is 10.1. The average molecular weight is 376 g/mol. The van der Waals surface area contributed by atoms with Crippen molar-refractivity contribution in [1.82, 2.24) is 0 Å². The number of hydrogen-bond donors (Lipinski definition) is 2. The Morgan fingerprint density at radius 1 is 1.16 bits per heavy atom. The van der Waals surface area contributed by atoms with Gasteiger partial charge in [-0.15, -0.1) is 11.3 Å². The van der Waals surface area contributed by atoms with Crippen molar-refractivity contribution in [2.24, 2.45) is 0 Å². The molecule has 1 heterocycles. The van der Waals surface area contributed by atoms with Crippen LogP contribution >= 0.6 is 22.9 Å². The first-order valence-electron chi connectivity index (χ1n) is 7.80. The molecule has 1 amide bonds. The summed E-state index contributed by atoms with van der Waals surface area (Å²) in [5.74, 6) is -0.808. The van der Waals surface area contributed by atoms with Crippen molar-refractivity contribution in [3.63, 3.8) is 0 Å². The van der Waals surface area contributed by atoms with Gasteiger partial charge in [-0.05, 0) is 29.6 Å². The molecule has 3 rings (SSSR count). The molecule has 0 aliphatic carbocycles. The maximum atomic E-state index is 13.8. The summed E-state index contributed by atoms with van der Waals surface area (Å²) in [4.78, 5) is 13.4. The van der Waals surface area contributed by atoms with E-state index in [2.05, 4.69) is 11.4 Å². The van der Waals surface area contributed by atoms with E-state index in [1.54, 1.807) is 17.4 Å². The van der Waals surface area contributed by atoms with E-state index < -0.39 is 5.82 Å². The van der Waals surface area contributed by atoms with Gasteiger partial charge in [0.2, 0.25) is 0 Å². The van der Waals surface area contributed by atoms with E-state index in [1.165, 1.54) is 12.1 Å². The predicted molar refractivity (Wildman–Crippen MR) is 99.4 cm³/mol. The minimum absolute atomic E-state index is 0.0296. The average Bonchev–Trinajstić information content (AvgIpc) is 3.13. The lowest BCUT2D eigenvalue weighted by molar-refractivity contribution is -0.675. The van der Waals surface area contributed by atoms with Gasteiger partial charge < -0.3 is 10.6 Å². The van der Waals surface area contributed by atoms with Gasteiger partial charge in [0.25, 0.3) is 5.91 Å². The molecule has 0 fully saturated rings. The van der Waals surface area contributed by atoms with Crippen LogP contribution in [0.5, 0.6) is 0 Å². The first kappa shape index (κ1) is 17.6. The van der Waals surface area contributed by atoms with Crippen molar-refractivity contribution in [2.75, 3.05) is 11.9 Å². The molecule has 0 saturated carbocycles. The zero-order chi connectivity index (χ0) is 17.6. The zero-order valence-corrected chi connectivity index (χ0v) is 14.9. The number of thiophene rings is 1. The molecule has 0 bridgehead atoms. The molecule has 3 aromatic rings. The molecule has 0 aliphatic heterocycles. The van der Waals surface area contributed by atoms with E-state index in [1.807, 2.05) is 47.1 Å². The third kappa shape index (κ3) is 4.66. The highest BCUT2D eigenvalue weighted by molar-refractivity contribution is 7.10. The van der Waals surface area contributed by atoms with E-state index in [4.69, 9.17) is 11.6 Å². The van der Waals surface area contributed by atoms with E-state index in [0.29, 0.717) is 5.02 Å². The third-order valence-electron chi connectivity index (χ3n) is 3.75. The maximum Gasteiger partial charge on any atom is 0.279 e. The number of quaternary nitrogens is 1. The Hall–Kier alpha value is -2.21. The Morgan fingerprint density at radius 2 is 1.96 bits per heavy atom. The lowest BCUT2D eigenvalue weighted by Crippen LogP contribution is -2.87. The van der Waals surface area contributed by atoms with Crippen molar-refractivity contribution >= 4 is 34.5 Å². The largest absolute Gasteiger partial charge is 0.328 e. The summed E-state index contributed by atoms with van der Waals surface area (Å²) < 4.78 is 13.8. The predicted octanol–water partition coefficient (Wildman–Crippen LogP) is 3.83. The smallest absolute Gasteiger partial charge is 0.279 e. The Bertz CT molecular complexity index is 840. The maximum absolute atomic E-state index is 13.8. The Labute approximate surface area is 154 Å². The second kappa shape index (κ2) is 8.25.